The first-order valence-electron chi connectivity index (χ1n) is 8.64. The molecule has 26 heavy (non-hydrogen) atoms. The molecular weight excluding hydrogens is 330 g/mol. The Morgan fingerprint density at radius 1 is 1.15 bits per heavy atom. The van der Waals surface area contributed by atoms with Gasteiger partial charge >= 0.3 is 5.97 Å². The fourth-order valence-electron chi connectivity index (χ4n) is 2.93. The molecule has 3 heterocycles. The second-order valence-electron chi connectivity index (χ2n) is 6.37. The maximum Gasteiger partial charge on any atom is 0.340 e. The number of pyridine rings is 2. The van der Waals surface area contributed by atoms with E-state index in [9.17, 15) is 9.59 Å². The molecule has 3 rings (SSSR count). The summed E-state index contributed by atoms with van der Waals surface area (Å²) < 4.78 is 8.78. The monoisotopic (exact) mass is 353 g/mol. The summed E-state index contributed by atoms with van der Waals surface area (Å²) in [4.78, 5) is 27.0. The molecule has 3 aromatic rings. The predicted octanol–water partition coefficient (Wildman–Crippen LogP) is 2.51. The lowest BCUT2D eigenvalue weighted by atomic mass is 10.1. The predicted molar refractivity (Wildman–Crippen MR) is 102 cm³/mol. The third-order valence-electron chi connectivity index (χ3n) is 4.23. The van der Waals surface area contributed by atoms with Gasteiger partial charge in [0.15, 0.2) is 0 Å². The molecule has 0 unspecified atom stereocenters. The van der Waals surface area contributed by atoms with Gasteiger partial charge in [-0.1, -0.05) is 6.07 Å². The van der Waals surface area contributed by atoms with Crippen LogP contribution in [0.4, 0.5) is 0 Å². The fourth-order valence-corrected chi connectivity index (χ4v) is 2.93. The molecule has 0 atom stereocenters. The van der Waals surface area contributed by atoms with Crippen molar-refractivity contribution in [1.82, 2.24) is 13.9 Å². The standard InChI is InChI=1S/C20H23N3O3/c1-4-26-20(25)17-14-16-7-5-6-9-23(16)19(17)15-8-10-22(18(24)13-15)12-11-21(2)3/h5-10,13-14H,4,11-12H2,1-3H3. The number of rotatable bonds is 6. The normalized spacial score (nSPS) is 11.2. The zero-order valence-corrected chi connectivity index (χ0v) is 15.3. The highest BCUT2D eigenvalue weighted by molar-refractivity contribution is 5.99. The van der Waals surface area contributed by atoms with Crippen LogP contribution in [0.3, 0.4) is 0 Å². The first-order chi connectivity index (χ1) is 12.5. The molecule has 0 saturated carbocycles. The molecule has 3 aromatic heterocycles. The molecule has 0 saturated heterocycles. The van der Waals surface area contributed by atoms with Crippen molar-refractivity contribution in [2.45, 2.75) is 13.5 Å². The first-order valence-corrected chi connectivity index (χ1v) is 8.64. The highest BCUT2D eigenvalue weighted by atomic mass is 16.5. The van der Waals surface area contributed by atoms with E-state index in [0.717, 1.165) is 12.1 Å². The van der Waals surface area contributed by atoms with E-state index in [1.807, 2.05) is 53.9 Å². The number of hydrogen-bond donors (Lipinski definition) is 0. The summed E-state index contributed by atoms with van der Waals surface area (Å²) in [6, 6.07) is 11.0. The molecular formula is C20H23N3O3. The SMILES string of the molecule is CCOC(=O)c1cc2ccccn2c1-c1ccn(CCN(C)C)c(=O)c1. The molecule has 0 aliphatic heterocycles. The number of carbonyl (C=O) groups is 1. The molecule has 0 aliphatic rings. The Kier molecular flexibility index (Phi) is 5.23. The van der Waals surface area contributed by atoms with Gasteiger partial charge in [-0.3, -0.25) is 4.79 Å². The average molecular weight is 353 g/mol. The van der Waals surface area contributed by atoms with Crippen LogP contribution in [-0.4, -0.2) is 47.1 Å². The van der Waals surface area contributed by atoms with Crippen molar-refractivity contribution >= 4 is 11.5 Å². The number of likely N-dealkylation sites (N-methyl/N-ethyl adjacent to an activating group) is 1. The van der Waals surface area contributed by atoms with E-state index < -0.39 is 0 Å². The lowest BCUT2D eigenvalue weighted by Gasteiger charge is -2.12. The third-order valence-corrected chi connectivity index (χ3v) is 4.23. The summed E-state index contributed by atoms with van der Waals surface area (Å²) in [6.45, 7) is 3.48. The molecule has 6 heteroatoms. The van der Waals surface area contributed by atoms with Crippen molar-refractivity contribution in [3.8, 4) is 11.3 Å². The maximum atomic E-state index is 12.5. The summed E-state index contributed by atoms with van der Waals surface area (Å²) >= 11 is 0. The lowest BCUT2D eigenvalue weighted by Crippen LogP contribution is -2.25. The van der Waals surface area contributed by atoms with E-state index in [1.165, 1.54) is 0 Å². The lowest BCUT2D eigenvalue weighted by molar-refractivity contribution is 0.0527. The second kappa shape index (κ2) is 7.58. The van der Waals surface area contributed by atoms with Crippen molar-refractivity contribution in [2.75, 3.05) is 27.2 Å². The Bertz CT molecular complexity index is 985. The van der Waals surface area contributed by atoms with Crippen molar-refractivity contribution in [3.63, 3.8) is 0 Å². The molecule has 0 bridgehead atoms. The van der Waals surface area contributed by atoms with Crippen LogP contribution in [0.15, 0.2) is 53.6 Å². The van der Waals surface area contributed by atoms with Crippen LogP contribution in [0.1, 0.15) is 17.3 Å². The van der Waals surface area contributed by atoms with Gasteiger partial charge in [0, 0.05) is 42.6 Å². The molecule has 6 nitrogen and oxygen atoms in total. The first kappa shape index (κ1) is 17.9. The van der Waals surface area contributed by atoms with E-state index in [2.05, 4.69) is 0 Å². The van der Waals surface area contributed by atoms with Crippen molar-refractivity contribution in [3.05, 3.63) is 64.7 Å². The van der Waals surface area contributed by atoms with Gasteiger partial charge in [0.05, 0.1) is 17.9 Å². The van der Waals surface area contributed by atoms with Gasteiger partial charge in [-0.15, -0.1) is 0 Å². The summed E-state index contributed by atoms with van der Waals surface area (Å²) in [5.74, 6) is -0.386. The number of aromatic nitrogens is 2. The minimum atomic E-state index is -0.386. The van der Waals surface area contributed by atoms with Crippen LogP contribution >= 0.6 is 0 Å². The average Bonchev–Trinajstić information content (AvgIpc) is 3.00. The van der Waals surface area contributed by atoms with Crippen LogP contribution in [0.5, 0.6) is 0 Å². The molecule has 136 valence electrons. The molecule has 0 aliphatic carbocycles. The van der Waals surface area contributed by atoms with Gasteiger partial charge in [0.25, 0.3) is 5.56 Å². The minimum absolute atomic E-state index is 0.0926. The van der Waals surface area contributed by atoms with Gasteiger partial charge in [-0.05, 0) is 45.3 Å². The van der Waals surface area contributed by atoms with Crippen LogP contribution in [0.25, 0.3) is 16.8 Å². The third kappa shape index (κ3) is 3.55. The molecule has 0 aromatic carbocycles. The van der Waals surface area contributed by atoms with Crippen molar-refractivity contribution in [2.24, 2.45) is 0 Å². The van der Waals surface area contributed by atoms with Crippen LogP contribution in [-0.2, 0) is 11.3 Å². The fraction of sp³-hybridized carbons (Fsp3) is 0.300. The van der Waals surface area contributed by atoms with Gasteiger partial charge in [-0.25, -0.2) is 4.79 Å². The maximum absolute atomic E-state index is 12.5. The molecule has 0 spiro atoms. The smallest absolute Gasteiger partial charge is 0.340 e. The zero-order chi connectivity index (χ0) is 18.7. The van der Waals surface area contributed by atoms with Gasteiger partial charge in [0.1, 0.15) is 0 Å². The minimum Gasteiger partial charge on any atom is -0.462 e. The summed E-state index contributed by atoms with van der Waals surface area (Å²) in [6.07, 6.45) is 3.66. The number of nitrogens with zero attached hydrogens (tertiary/aromatic N) is 3. The van der Waals surface area contributed by atoms with E-state index in [-0.39, 0.29) is 11.5 Å². The highest BCUT2D eigenvalue weighted by Crippen LogP contribution is 2.27. The van der Waals surface area contributed by atoms with Crippen molar-refractivity contribution < 1.29 is 9.53 Å². The summed E-state index contributed by atoms with van der Waals surface area (Å²) in [7, 11) is 3.94. The van der Waals surface area contributed by atoms with Gasteiger partial charge in [-0.2, -0.15) is 0 Å². The van der Waals surface area contributed by atoms with Gasteiger partial charge in [0.2, 0.25) is 0 Å². The summed E-state index contributed by atoms with van der Waals surface area (Å²) in [5.41, 5.74) is 2.62. The Balaban J connectivity index is 2.09. The quantitative estimate of drug-likeness (QED) is 0.639. The Morgan fingerprint density at radius 2 is 1.96 bits per heavy atom. The molecule has 0 fully saturated rings. The van der Waals surface area contributed by atoms with E-state index in [0.29, 0.717) is 30.0 Å². The van der Waals surface area contributed by atoms with Crippen LogP contribution < -0.4 is 5.56 Å². The molecule has 0 amide bonds. The van der Waals surface area contributed by atoms with E-state index in [1.54, 1.807) is 29.8 Å². The molecule has 0 N–H and O–H groups in total. The highest BCUT2D eigenvalue weighted by Gasteiger charge is 2.19. The van der Waals surface area contributed by atoms with Crippen LogP contribution in [0.2, 0.25) is 0 Å². The second-order valence-corrected chi connectivity index (χ2v) is 6.37. The van der Waals surface area contributed by atoms with Crippen LogP contribution in [0, 0.1) is 0 Å². The van der Waals surface area contributed by atoms with E-state index >= 15 is 0 Å². The van der Waals surface area contributed by atoms with Crippen molar-refractivity contribution in [1.29, 1.82) is 0 Å². The number of fused-ring (bicyclic) bond motifs is 1. The van der Waals surface area contributed by atoms with Gasteiger partial charge < -0.3 is 18.6 Å². The number of esters is 1. The Morgan fingerprint density at radius 3 is 2.65 bits per heavy atom. The Labute approximate surface area is 152 Å². The van der Waals surface area contributed by atoms with E-state index in [4.69, 9.17) is 4.74 Å². The zero-order valence-electron chi connectivity index (χ0n) is 15.3. The number of hydrogen-bond acceptors (Lipinski definition) is 4. The molecule has 0 radical (unpaired) electrons. The number of ether oxygens (including phenoxy) is 1. The largest absolute Gasteiger partial charge is 0.462 e. The topological polar surface area (TPSA) is 56.0 Å². The summed E-state index contributed by atoms with van der Waals surface area (Å²) in [5, 5.41) is 0. The number of carbonyl (C=O) groups excluding carboxylic acids is 1. The Hall–Kier alpha value is -2.86.